The zero-order valence-corrected chi connectivity index (χ0v) is 12.1. The smallest absolute Gasteiger partial charge is 0.222 e. The fourth-order valence-electron chi connectivity index (χ4n) is 3.28. The van der Waals surface area contributed by atoms with Gasteiger partial charge in [0.05, 0.1) is 0 Å². The lowest BCUT2D eigenvalue weighted by atomic mass is 9.94. The van der Waals surface area contributed by atoms with Crippen molar-refractivity contribution in [3.05, 3.63) is 22.4 Å². The molecule has 2 atom stereocenters. The number of piperidine rings is 1. The van der Waals surface area contributed by atoms with Crippen LogP contribution in [0, 0.1) is 5.92 Å². The molecule has 19 heavy (non-hydrogen) atoms. The second kappa shape index (κ2) is 6.06. The van der Waals surface area contributed by atoms with E-state index in [4.69, 9.17) is 0 Å². The number of fused-ring (bicyclic) bond motifs is 1. The molecule has 0 bridgehead atoms. The van der Waals surface area contributed by atoms with Gasteiger partial charge in [-0.3, -0.25) is 4.79 Å². The third-order valence-corrected chi connectivity index (χ3v) is 5.28. The number of likely N-dealkylation sites (tertiary alicyclic amines) is 1. The molecule has 3 heterocycles. The molecule has 3 rings (SSSR count). The number of thiophene rings is 1. The van der Waals surface area contributed by atoms with Crippen molar-refractivity contribution in [1.29, 1.82) is 0 Å². The number of carbonyl (C=O) groups excluding carboxylic acids is 1. The predicted octanol–water partition coefficient (Wildman–Crippen LogP) is 2.28. The van der Waals surface area contributed by atoms with Crippen molar-refractivity contribution in [3.63, 3.8) is 0 Å². The van der Waals surface area contributed by atoms with Crippen LogP contribution >= 0.6 is 11.3 Å². The molecule has 0 aliphatic carbocycles. The Balaban J connectivity index is 1.43. The Labute approximate surface area is 119 Å². The molecule has 0 radical (unpaired) electrons. The van der Waals surface area contributed by atoms with Gasteiger partial charge in [-0.05, 0) is 49.6 Å². The van der Waals surface area contributed by atoms with Gasteiger partial charge in [-0.2, -0.15) is 0 Å². The van der Waals surface area contributed by atoms with E-state index >= 15 is 0 Å². The summed E-state index contributed by atoms with van der Waals surface area (Å²) in [5, 5.41) is 5.66. The first-order chi connectivity index (χ1) is 9.33. The highest BCUT2D eigenvalue weighted by atomic mass is 32.1. The molecule has 3 nitrogen and oxygen atoms in total. The van der Waals surface area contributed by atoms with Crippen LogP contribution in [0.1, 0.15) is 30.6 Å². The molecule has 1 aromatic heterocycles. The van der Waals surface area contributed by atoms with Crippen LogP contribution in [0.15, 0.2) is 17.5 Å². The van der Waals surface area contributed by atoms with E-state index in [1.165, 1.54) is 17.7 Å². The van der Waals surface area contributed by atoms with Gasteiger partial charge in [0.2, 0.25) is 5.91 Å². The lowest BCUT2D eigenvalue weighted by Gasteiger charge is -2.24. The van der Waals surface area contributed by atoms with Crippen LogP contribution in [0.25, 0.3) is 0 Å². The van der Waals surface area contributed by atoms with Crippen molar-refractivity contribution in [3.8, 4) is 0 Å². The van der Waals surface area contributed by atoms with E-state index in [2.05, 4.69) is 27.7 Å². The molecule has 0 aromatic carbocycles. The van der Waals surface area contributed by atoms with Crippen LogP contribution < -0.4 is 5.32 Å². The lowest BCUT2D eigenvalue weighted by Crippen LogP contribution is -2.41. The number of nitrogens with one attached hydrogen (secondary N) is 1. The predicted molar refractivity (Wildman–Crippen MR) is 78.4 cm³/mol. The van der Waals surface area contributed by atoms with E-state index in [0.29, 0.717) is 24.3 Å². The van der Waals surface area contributed by atoms with E-state index < -0.39 is 0 Å². The Morgan fingerprint density at radius 3 is 3.21 bits per heavy atom. The van der Waals surface area contributed by atoms with Crippen LogP contribution in [-0.4, -0.2) is 36.5 Å². The molecule has 2 saturated heterocycles. The second-order valence-corrected chi connectivity index (χ2v) is 6.73. The van der Waals surface area contributed by atoms with Gasteiger partial charge in [0.25, 0.3) is 0 Å². The SMILES string of the molecule is O=C(CCCc1cccs1)N1C[C@@H]2CCCN[C@@H]2C1. The second-order valence-electron chi connectivity index (χ2n) is 5.69. The van der Waals surface area contributed by atoms with Gasteiger partial charge in [-0.1, -0.05) is 6.07 Å². The number of aryl methyl sites for hydroxylation is 1. The summed E-state index contributed by atoms with van der Waals surface area (Å²) in [6.45, 7) is 3.04. The number of nitrogens with zero attached hydrogens (tertiary/aromatic N) is 1. The Kier molecular flexibility index (Phi) is 4.18. The normalized spacial score (nSPS) is 26.4. The monoisotopic (exact) mass is 278 g/mol. The van der Waals surface area contributed by atoms with E-state index in [-0.39, 0.29) is 0 Å². The van der Waals surface area contributed by atoms with Gasteiger partial charge < -0.3 is 10.2 Å². The number of rotatable bonds is 4. The average molecular weight is 278 g/mol. The first-order valence-electron chi connectivity index (χ1n) is 7.36. The molecule has 2 aliphatic rings. The van der Waals surface area contributed by atoms with Crippen LogP contribution in [0.5, 0.6) is 0 Å². The maximum Gasteiger partial charge on any atom is 0.222 e. The van der Waals surface area contributed by atoms with Crippen molar-refractivity contribution in [2.75, 3.05) is 19.6 Å². The van der Waals surface area contributed by atoms with Gasteiger partial charge in [0.1, 0.15) is 0 Å². The van der Waals surface area contributed by atoms with E-state index in [0.717, 1.165) is 32.5 Å². The molecule has 0 saturated carbocycles. The van der Waals surface area contributed by atoms with Crippen molar-refractivity contribution >= 4 is 17.2 Å². The molecule has 1 amide bonds. The highest BCUT2D eigenvalue weighted by molar-refractivity contribution is 7.09. The van der Waals surface area contributed by atoms with Gasteiger partial charge in [-0.15, -0.1) is 11.3 Å². The molecule has 0 unspecified atom stereocenters. The standard InChI is InChI=1S/C15H22N2OS/c18-15(7-1-5-13-6-3-9-19-13)17-10-12-4-2-8-16-14(12)11-17/h3,6,9,12,14,16H,1-2,4-5,7-8,10-11H2/t12-,14+/m0/s1. The molecule has 1 aromatic rings. The molecular formula is C15H22N2OS. The maximum absolute atomic E-state index is 12.2. The van der Waals surface area contributed by atoms with Crippen LogP contribution in [-0.2, 0) is 11.2 Å². The Morgan fingerprint density at radius 2 is 2.42 bits per heavy atom. The van der Waals surface area contributed by atoms with E-state index in [1.807, 2.05) is 0 Å². The summed E-state index contributed by atoms with van der Waals surface area (Å²) < 4.78 is 0. The average Bonchev–Trinajstić information content (AvgIpc) is 3.07. The van der Waals surface area contributed by atoms with E-state index in [1.54, 1.807) is 11.3 Å². The van der Waals surface area contributed by atoms with Crippen LogP contribution in [0.2, 0.25) is 0 Å². The molecular weight excluding hydrogens is 256 g/mol. The van der Waals surface area contributed by atoms with Gasteiger partial charge >= 0.3 is 0 Å². The zero-order chi connectivity index (χ0) is 13.1. The van der Waals surface area contributed by atoms with Crippen molar-refractivity contribution in [2.24, 2.45) is 5.92 Å². The molecule has 0 spiro atoms. The van der Waals surface area contributed by atoms with Gasteiger partial charge in [0.15, 0.2) is 0 Å². The highest BCUT2D eigenvalue weighted by Crippen LogP contribution is 2.25. The quantitative estimate of drug-likeness (QED) is 0.916. The minimum atomic E-state index is 0.354. The van der Waals surface area contributed by atoms with Crippen LogP contribution in [0.3, 0.4) is 0 Å². The maximum atomic E-state index is 12.2. The zero-order valence-electron chi connectivity index (χ0n) is 11.3. The Morgan fingerprint density at radius 1 is 1.47 bits per heavy atom. The van der Waals surface area contributed by atoms with Crippen molar-refractivity contribution in [2.45, 2.75) is 38.1 Å². The first-order valence-corrected chi connectivity index (χ1v) is 8.24. The van der Waals surface area contributed by atoms with E-state index in [9.17, 15) is 4.79 Å². The molecule has 2 fully saturated rings. The summed E-state index contributed by atoms with van der Waals surface area (Å²) in [4.78, 5) is 15.7. The van der Waals surface area contributed by atoms with Crippen LogP contribution in [0.4, 0.5) is 0 Å². The highest BCUT2D eigenvalue weighted by Gasteiger charge is 2.35. The summed E-state index contributed by atoms with van der Waals surface area (Å²) in [5.74, 6) is 1.06. The largest absolute Gasteiger partial charge is 0.341 e. The summed E-state index contributed by atoms with van der Waals surface area (Å²) in [5.41, 5.74) is 0. The van der Waals surface area contributed by atoms with Gasteiger partial charge in [-0.25, -0.2) is 0 Å². The number of hydrogen-bond acceptors (Lipinski definition) is 3. The lowest BCUT2D eigenvalue weighted by molar-refractivity contribution is -0.130. The number of hydrogen-bond donors (Lipinski definition) is 1. The van der Waals surface area contributed by atoms with Crippen molar-refractivity contribution in [1.82, 2.24) is 10.2 Å². The summed E-state index contributed by atoms with van der Waals surface area (Å²) >= 11 is 1.79. The molecule has 104 valence electrons. The number of amides is 1. The van der Waals surface area contributed by atoms with Crippen molar-refractivity contribution < 1.29 is 4.79 Å². The third kappa shape index (κ3) is 3.18. The molecule has 4 heteroatoms. The summed E-state index contributed by atoms with van der Waals surface area (Å²) in [6.07, 6.45) is 5.29. The fourth-order valence-corrected chi connectivity index (χ4v) is 4.03. The Bertz CT molecular complexity index is 404. The third-order valence-electron chi connectivity index (χ3n) is 4.35. The molecule has 2 aliphatic heterocycles. The summed E-state index contributed by atoms with van der Waals surface area (Å²) in [7, 11) is 0. The number of carbonyl (C=O) groups is 1. The first kappa shape index (κ1) is 13.1. The summed E-state index contributed by atoms with van der Waals surface area (Å²) in [6, 6.07) is 4.80. The van der Waals surface area contributed by atoms with Gasteiger partial charge in [0, 0.05) is 30.4 Å². The Hall–Kier alpha value is -0.870. The minimum Gasteiger partial charge on any atom is -0.341 e. The fraction of sp³-hybridized carbons (Fsp3) is 0.667. The molecule has 1 N–H and O–H groups in total. The minimum absolute atomic E-state index is 0.354. The topological polar surface area (TPSA) is 32.3 Å².